The van der Waals surface area contributed by atoms with Crippen LogP contribution in [0, 0.1) is 6.92 Å². The smallest absolute Gasteiger partial charge is 0.226 e. The zero-order valence-electron chi connectivity index (χ0n) is 10.8. The molecule has 17 heavy (non-hydrogen) atoms. The highest BCUT2D eigenvalue weighted by Crippen LogP contribution is 2.21. The van der Waals surface area contributed by atoms with Crippen LogP contribution < -0.4 is 10.6 Å². The largest absolute Gasteiger partial charge is 0.338 e. The number of hydrogen-bond donors (Lipinski definition) is 1. The Bertz CT molecular complexity index is 378. The van der Waals surface area contributed by atoms with Gasteiger partial charge in [-0.25, -0.2) is 9.97 Å². The molecule has 1 aromatic rings. The van der Waals surface area contributed by atoms with E-state index in [4.69, 9.17) is 5.73 Å². The second-order valence-corrected chi connectivity index (χ2v) is 4.90. The maximum atomic E-state index is 5.67. The van der Waals surface area contributed by atoms with E-state index in [1.54, 1.807) is 0 Å². The number of nitrogens with zero attached hydrogens (tertiary/aromatic N) is 3. The molecule has 4 heteroatoms. The molecule has 0 saturated carbocycles. The predicted molar refractivity (Wildman–Crippen MR) is 69.9 cm³/mol. The third-order valence-corrected chi connectivity index (χ3v) is 3.41. The van der Waals surface area contributed by atoms with E-state index in [-0.39, 0.29) is 0 Å². The minimum absolute atomic E-state index is 0.485. The minimum Gasteiger partial charge on any atom is -0.338 e. The first-order valence-electron chi connectivity index (χ1n) is 6.52. The summed E-state index contributed by atoms with van der Waals surface area (Å²) in [6.45, 7) is 5.82. The van der Waals surface area contributed by atoms with E-state index in [1.165, 1.54) is 25.7 Å². The lowest BCUT2D eigenvalue weighted by Gasteiger charge is -2.27. The zero-order chi connectivity index (χ0) is 12.3. The molecule has 2 N–H and O–H groups in total. The highest BCUT2D eigenvalue weighted by molar-refractivity contribution is 5.34. The topological polar surface area (TPSA) is 55.0 Å². The molecule has 0 spiro atoms. The van der Waals surface area contributed by atoms with E-state index in [1.807, 2.05) is 13.0 Å². The van der Waals surface area contributed by atoms with E-state index in [0.29, 0.717) is 12.6 Å². The molecule has 0 amide bonds. The minimum atomic E-state index is 0.485. The van der Waals surface area contributed by atoms with Crippen LogP contribution in [-0.2, 0) is 6.54 Å². The fourth-order valence-corrected chi connectivity index (χ4v) is 2.42. The second kappa shape index (κ2) is 5.45. The summed E-state index contributed by atoms with van der Waals surface area (Å²) in [7, 11) is 0. The average Bonchev–Trinajstić information content (AvgIpc) is 2.53. The number of rotatable bonds is 2. The molecule has 1 atom stereocenters. The molecule has 2 rings (SSSR count). The Morgan fingerprint density at radius 2 is 2.18 bits per heavy atom. The summed E-state index contributed by atoms with van der Waals surface area (Å²) in [6.07, 6.45) is 5.10. The van der Waals surface area contributed by atoms with Gasteiger partial charge in [0, 0.05) is 24.8 Å². The Morgan fingerprint density at radius 1 is 1.35 bits per heavy atom. The van der Waals surface area contributed by atoms with Gasteiger partial charge in [0.15, 0.2) is 0 Å². The van der Waals surface area contributed by atoms with Crippen LogP contribution >= 0.6 is 0 Å². The molecule has 4 nitrogen and oxygen atoms in total. The van der Waals surface area contributed by atoms with Crippen LogP contribution in [0.1, 0.15) is 44.0 Å². The van der Waals surface area contributed by atoms with Crippen LogP contribution in [-0.4, -0.2) is 22.6 Å². The number of aryl methyl sites for hydroxylation is 1. The monoisotopic (exact) mass is 234 g/mol. The summed E-state index contributed by atoms with van der Waals surface area (Å²) in [5.41, 5.74) is 7.61. The van der Waals surface area contributed by atoms with E-state index in [2.05, 4.69) is 21.8 Å². The van der Waals surface area contributed by atoms with Crippen molar-refractivity contribution in [2.45, 2.75) is 52.1 Å². The first-order valence-corrected chi connectivity index (χ1v) is 6.52. The SMILES string of the molecule is Cc1cc(CN)nc(N2CCCCCC2C)n1. The molecular formula is C13H22N4. The Morgan fingerprint density at radius 3 is 2.94 bits per heavy atom. The third kappa shape index (κ3) is 2.94. The van der Waals surface area contributed by atoms with Crippen LogP contribution in [0.25, 0.3) is 0 Å². The van der Waals surface area contributed by atoms with Gasteiger partial charge in [0.25, 0.3) is 0 Å². The molecule has 1 unspecified atom stereocenters. The van der Waals surface area contributed by atoms with E-state index in [0.717, 1.165) is 23.9 Å². The van der Waals surface area contributed by atoms with Gasteiger partial charge < -0.3 is 10.6 Å². The number of anilines is 1. The molecule has 2 heterocycles. The van der Waals surface area contributed by atoms with Crippen LogP contribution in [0.5, 0.6) is 0 Å². The first-order chi connectivity index (χ1) is 8.20. The fraction of sp³-hybridized carbons (Fsp3) is 0.692. The summed E-state index contributed by atoms with van der Waals surface area (Å²) >= 11 is 0. The van der Waals surface area contributed by atoms with Crippen molar-refractivity contribution in [2.75, 3.05) is 11.4 Å². The molecule has 94 valence electrons. The van der Waals surface area contributed by atoms with Crippen molar-refractivity contribution >= 4 is 5.95 Å². The van der Waals surface area contributed by atoms with Gasteiger partial charge in [-0.15, -0.1) is 0 Å². The van der Waals surface area contributed by atoms with Crippen LogP contribution in [0.4, 0.5) is 5.95 Å². The molecule has 0 bridgehead atoms. The standard InChI is InChI=1S/C13H22N4/c1-10-8-12(9-14)16-13(15-10)17-7-5-3-4-6-11(17)2/h8,11H,3-7,9,14H2,1-2H3. The molecule has 1 aliphatic rings. The second-order valence-electron chi connectivity index (χ2n) is 4.90. The van der Waals surface area contributed by atoms with Gasteiger partial charge in [-0.1, -0.05) is 12.8 Å². The maximum absolute atomic E-state index is 5.67. The number of nitrogens with two attached hydrogens (primary N) is 1. The van der Waals surface area contributed by atoms with Crippen LogP contribution in [0.3, 0.4) is 0 Å². The zero-order valence-corrected chi connectivity index (χ0v) is 10.8. The third-order valence-electron chi connectivity index (χ3n) is 3.41. The molecule has 0 aliphatic carbocycles. The fourth-order valence-electron chi connectivity index (χ4n) is 2.42. The molecule has 1 fully saturated rings. The first kappa shape index (κ1) is 12.3. The summed E-state index contributed by atoms with van der Waals surface area (Å²) in [4.78, 5) is 11.4. The van der Waals surface area contributed by atoms with Gasteiger partial charge >= 0.3 is 0 Å². The van der Waals surface area contributed by atoms with E-state index < -0.39 is 0 Å². The molecule has 1 saturated heterocycles. The van der Waals surface area contributed by atoms with Crippen molar-refractivity contribution in [3.63, 3.8) is 0 Å². The molecular weight excluding hydrogens is 212 g/mol. The van der Waals surface area contributed by atoms with Gasteiger partial charge in [0.05, 0.1) is 5.69 Å². The lowest BCUT2D eigenvalue weighted by atomic mass is 10.1. The highest BCUT2D eigenvalue weighted by atomic mass is 15.3. The lowest BCUT2D eigenvalue weighted by molar-refractivity contribution is 0.603. The van der Waals surface area contributed by atoms with Gasteiger partial charge in [0.2, 0.25) is 5.95 Å². The molecule has 0 radical (unpaired) electrons. The summed E-state index contributed by atoms with van der Waals surface area (Å²) in [5.74, 6) is 0.861. The van der Waals surface area contributed by atoms with Crippen molar-refractivity contribution in [2.24, 2.45) is 5.73 Å². The van der Waals surface area contributed by atoms with Crippen LogP contribution in [0.15, 0.2) is 6.07 Å². The van der Waals surface area contributed by atoms with Gasteiger partial charge in [-0.3, -0.25) is 0 Å². The maximum Gasteiger partial charge on any atom is 0.226 e. The number of hydrogen-bond acceptors (Lipinski definition) is 4. The Balaban J connectivity index is 2.27. The Labute approximate surface area is 103 Å². The van der Waals surface area contributed by atoms with Gasteiger partial charge in [0.1, 0.15) is 0 Å². The van der Waals surface area contributed by atoms with E-state index in [9.17, 15) is 0 Å². The lowest BCUT2D eigenvalue weighted by Crippen LogP contribution is -2.34. The van der Waals surface area contributed by atoms with Crippen LogP contribution in [0.2, 0.25) is 0 Å². The predicted octanol–water partition coefficient (Wildman–Crippen LogP) is 2.01. The van der Waals surface area contributed by atoms with Crippen molar-refractivity contribution < 1.29 is 0 Å². The number of aromatic nitrogens is 2. The summed E-state index contributed by atoms with van der Waals surface area (Å²) in [6, 6.07) is 2.50. The average molecular weight is 234 g/mol. The Hall–Kier alpha value is -1.16. The normalized spacial score (nSPS) is 21.4. The quantitative estimate of drug-likeness (QED) is 0.850. The van der Waals surface area contributed by atoms with Gasteiger partial charge in [-0.05, 0) is 32.8 Å². The molecule has 1 aromatic heterocycles. The summed E-state index contributed by atoms with van der Waals surface area (Å²) in [5, 5.41) is 0. The van der Waals surface area contributed by atoms with Crippen molar-refractivity contribution in [1.29, 1.82) is 0 Å². The van der Waals surface area contributed by atoms with Crippen molar-refractivity contribution in [3.05, 3.63) is 17.5 Å². The Kier molecular flexibility index (Phi) is 3.94. The van der Waals surface area contributed by atoms with Crippen molar-refractivity contribution in [1.82, 2.24) is 9.97 Å². The summed E-state index contributed by atoms with van der Waals surface area (Å²) < 4.78 is 0. The highest BCUT2D eigenvalue weighted by Gasteiger charge is 2.19. The van der Waals surface area contributed by atoms with Crippen molar-refractivity contribution in [3.8, 4) is 0 Å². The van der Waals surface area contributed by atoms with E-state index >= 15 is 0 Å². The molecule has 1 aliphatic heterocycles. The van der Waals surface area contributed by atoms with Gasteiger partial charge in [-0.2, -0.15) is 0 Å². The molecule has 0 aromatic carbocycles.